The molecule has 22 heavy (non-hydrogen) atoms. The van der Waals surface area contributed by atoms with Crippen molar-refractivity contribution in [2.45, 2.75) is 19.4 Å². The molecule has 2 rings (SSSR count). The van der Waals surface area contributed by atoms with Crippen molar-refractivity contribution in [2.24, 2.45) is 0 Å². The zero-order chi connectivity index (χ0) is 16.3. The van der Waals surface area contributed by atoms with Gasteiger partial charge in [-0.2, -0.15) is 0 Å². The summed E-state index contributed by atoms with van der Waals surface area (Å²) >= 11 is 8.96. The third kappa shape index (κ3) is 4.70. The van der Waals surface area contributed by atoms with Gasteiger partial charge in [-0.15, -0.1) is 0 Å². The van der Waals surface area contributed by atoms with Gasteiger partial charge in [-0.3, -0.25) is 4.79 Å². The molecule has 0 spiro atoms. The van der Waals surface area contributed by atoms with E-state index in [9.17, 15) is 4.79 Å². The van der Waals surface area contributed by atoms with Crippen LogP contribution in [0.15, 0.2) is 51.4 Å². The van der Waals surface area contributed by atoms with Crippen molar-refractivity contribution in [3.63, 3.8) is 0 Å². The molecule has 0 fully saturated rings. The number of rotatable bonds is 4. The number of benzene rings is 2. The standard InChI is InChI=1S/C16H14Br2INO2/c1-16(2,22-12-6-3-10(17)4-7-12)15(21)20-14-8-5-11(18)9-13(14)19/h3-9H,1-2H3,(H,20,21). The molecule has 3 nitrogen and oxygen atoms in total. The molecule has 0 aliphatic rings. The number of halogens is 3. The fourth-order valence-corrected chi connectivity index (χ4v) is 3.41. The topological polar surface area (TPSA) is 38.3 Å². The van der Waals surface area contributed by atoms with Crippen molar-refractivity contribution in [1.82, 2.24) is 0 Å². The normalized spacial score (nSPS) is 11.1. The van der Waals surface area contributed by atoms with Crippen LogP contribution in [0.4, 0.5) is 5.69 Å². The Balaban J connectivity index is 2.11. The molecule has 0 aliphatic heterocycles. The van der Waals surface area contributed by atoms with Crippen LogP contribution in [0.5, 0.6) is 5.75 Å². The number of hydrogen-bond donors (Lipinski definition) is 1. The van der Waals surface area contributed by atoms with Crippen molar-refractivity contribution in [3.8, 4) is 5.75 Å². The lowest BCUT2D eigenvalue weighted by Gasteiger charge is -2.25. The second kappa shape index (κ2) is 7.31. The molecule has 0 saturated heterocycles. The Morgan fingerprint density at radius 1 is 1.09 bits per heavy atom. The van der Waals surface area contributed by atoms with Gasteiger partial charge >= 0.3 is 0 Å². The predicted molar refractivity (Wildman–Crippen MR) is 104 cm³/mol. The number of amides is 1. The molecule has 2 aromatic carbocycles. The maximum absolute atomic E-state index is 12.5. The van der Waals surface area contributed by atoms with E-state index in [2.05, 4.69) is 59.8 Å². The molecular weight excluding hydrogens is 525 g/mol. The number of ether oxygens (including phenoxy) is 1. The minimum atomic E-state index is -0.982. The quantitative estimate of drug-likeness (QED) is 0.514. The van der Waals surface area contributed by atoms with E-state index >= 15 is 0 Å². The first kappa shape index (κ1) is 17.7. The molecule has 0 aliphatic carbocycles. The van der Waals surface area contributed by atoms with Gasteiger partial charge in [0.15, 0.2) is 5.60 Å². The van der Waals surface area contributed by atoms with E-state index in [4.69, 9.17) is 4.74 Å². The largest absolute Gasteiger partial charge is 0.478 e. The Labute approximate surface area is 160 Å². The van der Waals surface area contributed by atoms with Gasteiger partial charge in [-0.05, 0) is 78.9 Å². The van der Waals surface area contributed by atoms with Gasteiger partial charge in [0.2, 0.25) is 0 Å². The fourth-order valence-electron chi connectivity index (χ4n) is 1.71. The second-order valence-corrected chi connectivity index (χ2v) is 8.14. The van der Waals surface area contributed by atoms with Crippen LogP contribution in [-0.4, -0.2) is 11.5 Å². The zero-order valence-corrected chi connectivity index (χ0v) is 17.3. The first-order valence-electron chi connectivity index (χ1n) is 6.49. The smallest absolute Gasteiger partial charge is 0.268 e. The summed E-state index contributed by atoms with van der Waals surface area (Å²) in [5.74, 6) is 0.449. The molecular formula is C16H14Br2INO2. The number of carbonyl (C=O) groups is 1. The summed E-state index contributed by atoms with van der Waals surface area (Å²) in [5.41, 5.74) is -0.217. The van der Waals surface area contributed by atoms with Gasteiger partial charge in [0.05, 0.1) is 5.69 Å². The van der Waals surface area contributed by atoms with Crippen LogP contribution in [0.3, 0.4) is 0 Å². The van der Waals surface area contributed by atoms with Gasteiger partial charge in [0.1, 0.15) is 5.75 Å². The first-order chi connectivity index (χ1) is 10.3. The van der Waals surface area contributed by atoms with E-state index < -0.39 is 5.60 Å². The molecule has 1 N–H and O–H groups in total. The van der Waals surface area contributed by atoms with Gasteiger partial charge in [-0.25, -0.2) is 0 Å². The maximum Gasteiger partial charge on any atom is 0.268 e. The molecule has 0 saturated carbocycles. The number of hydrogen-bond acceptors (Lipinski definition) is 2. The van der Waals surface area contributed by atoms with E-state index in [1.807, 2.05) is 42.5 Å². The van der Waals surface area contributed by atoms with Gasteiger partial charge in [0.25, 0.3) is 5.91 Å². The van der Waals surface area contributed by atoms with Crippen LogP contribution in [0.1, 0.15) is 13.8 Å². The van der Waals surface area contributed by atoms with E-state index in [0.717, 1.165) is 18.2 Å². The highest BCUT2D eigenvalue weighted by atomic mass is 127. The second-order valence-electron chi connectivity index (χ2n) is 5.14. The van der Waals surface area contributed by atoms with Crippen LogP contribution in [0, 0.1) is 3.57 Å². The van der Waals surface area contributed by atoms with E-state index in [-0.39, 0.29) is 5.91 Å². The molecule has 6 heteroatoms. The molecule has 116 valence electrons. The van der Waals surface area contributed by atoms with Crippen molar-refractivity contribution in [2.75, 3.05) is 5.32 Å². The van der Waals surface area contributed by atoms with Crippen molar-refractivity contribution >= 4 is 66.0 Å². The highest BCUT2D eigenvalue weighted by Crippen LogP contribution is 2.25. The molecule has 0 atom stereocenters. The average Bonchev–Trinajstić information content (AvgIpc) is 2.44. The van der Waals surface area contributed by atoms with Crippen molar-refractivity contribution < 1.29 is 9.53 Å². The lowest BCUT2D eigenvalue weighted by Crippen LogP contribution is -2.42. The predicted octanol–water partition coefficient (Wildman–Crippen LogP) is 5.61. The van der Waals surface area contributed by atoms with Gasteiger partial charge in [-0.1, -0.05) is 31.9 Å². The Hall–Kier alpha value is -0.600. The molecule has 2 aromatic rings. The summed E-state index contributed by atoms with van der Waals surface area (Å²) in [6, 6.07) is 13.1. The molecule has 1 amide bonds. The third-order valence-corrected chi connectivity index (χ3v) is 4.83. The number of anilines is 1. The Bertz CT molecular complexity index is 687. The van der Waals surface area contributed by atoms with Crippen LogP contribution in [0.25, 0.3) is 0 Å². The Morgan fingerprint density at radius 3 is 2.27 bits per heavy atom. The summed E-state index contributed by atoms with van der Waals surface area (Å²) < 4.78 is 8.70. The first-order valence-corrected chi connectivity index (χ1v) is 9.15. The number of nitrogens with one attached hydrogen (secondary N) is 1. The van der Waals surface area contributed by atoms with Crippen LogP contribution in [0.2, 0.25) is 0 Å². The Kier molecular flexibility index (Phi) is 5.90. The molecule has 0 heterocycles. The highest BCUT2D eigenvalue weighted by Gasteiger charge is 2.30. The van der Waals surface area contributed by atoms with E-state index in [0.29, 0.717) is 5.75 Å². The number of carbonyl (C=O) groups excluding carboxylic acids is 1. The van der Waals surface area contributed by atoms with Crippen LogP contribution >= 0.6 is 54.5 Å². The maximum atomic E-state index is 12.5. The summed E-state index contributed by atoms with van der Waals surface area (Å²) in [7, 11) is 0. The zero-order valence-electron chi connectivity index (χ0n) is 12.0. The SMILES string of the molecule is CC(C)(Oc1ccc(Br)cc1)C(=O)Nc1ccc(Br)cc1I. The molecule has 0 radical (unpaired) electrons. The third-order valence-electron chi connectivity index (χ3n) is 2.91. The minimum Gasteiger partial charge on any atom is -0.478 e. The fraction of sp³-hybridized carbons (Fsp3) is 0.188. The molecule has 0 bridgehead atoms. The van der Waals surface area contributed by atoms with Crippen molar-refractivity contribution in [1.29, 1.82) is 0 Å². The lowest BCUT2D eigenvalue weighted by atomic mass is 10.1. The summed E-state index contributed by atoms with van der Waals surface area (Å²) in [5, 5.41) is 2.91. The summed E-state index contributed by atoms with van der Waals surface area (Å²) in [6.07, 6.45) is 0. The minimum absolute atomic E-state index is 0.198. The molecule has 0 aromatic heterocycles. The van der Waals surface area contributed by atoms with E-state index in [1.165, 1.54) is 0 Å². The molecule has 0 unspecified atom stereocenters. The van der Waals surface area contributed by atoms with Crippen LogP contribution in [-0.2, 0) is 4.79 Å². The van der Waals surface area contributed by atoms with Gasteiger partial charge < -0.3 is 10.1 Å². The lowest BCUT2D eigenvalue weighted by molar-refractivity contribution is -0.128. The van der Waals surface area contributed by atoms with E-state index in [1.54, 1.807) is 13.8 Å². The van der Waals surface area contributed by atoms with Gasteiger partial charge in [0, 0.05) is 12.5 Å². The average molecular weight is 539 g/mol. The monoisotopic (exact) mass is 537 g/mol. The Morgan fingerprint density at radius 2 is 1.68 bits per heavy atom. The van der Waals surface area contributed by atoms with Crippen LogP contribution < -0.4 is 10.1 Å². The summed E-state index contributed by atoms with van der Waals surface area (Å²) in [4.78, 5) is 12.5. The highest BCUT2D eigenvalue weighted by molar-refractivity contribution is 14.1. The summed E-state index contributed by atoms with van der Waals surface area (Å²) in [6.45, 7) is 3.49. The van der Waals surface area contributed by atoms with Crippen molar-refractivity contribution in [3.05, 3.63) is 55.0 Å².